The molecule has 108 valence electrons. The Morgan fingerprint density at radius 1 is 1.32 bits per heavy atom. The summed E-state index contributed by atoms with van der Waals surface area (Å²) in [5.41, 5.74) is 0.918. The van der Waals surface area contributed by atoms with Crippen LogP contribution in [-0.4, -0.2) is 33.0 Å². The van der Waals surface area contributed by atoms with Gasteiger partial charge in [0.1, 0.15) is 12.4 Å². The Bertz CT molecular complexity index is 399. The maximum Gasteiger partial charge on any atom is 0.411 e. The van der Waals surface area contributed by atoms with E-state index in [9.17, 15) is 13.2 Å². The molecule has 0 radical (unpaired) electrons. The van der Waals surface area contributed by atoms with Crippen molar-refractivity contribution in [2.45, 2.75) is 12.7 Å². The predicted molar refractivity (Wildman–Crippen MR) is 66.6 cm³/mol. The molecule has 1 aromatic carbocycles. The van der Waals surface area contributed by atoms with Crippen LogP contribution in [0.1, 0.15) is 5.56 Å². The van der Waals surface area contributed by atoms with Gasteiger partial charge in [-0.3, -0.25) is 0 Å². The van der Waals surface area contributed by atoms with Crippen molar-refractivity contribution < 1.29 is 22.6 Å². The first kappa shape index (κ1) is 16.1. The first-order valence-corrected chi connectivity index (χ1v) is 5.98. The van der Waals surface area contributed by atoms with E-state index in [4.69, 9.17) is 16.3 Å². The summed E-state index contributed by atoms with van der Waals surface area (Å²) in [5, 5.41) is 3.46. The molecule has 1 N–H and O–H groups in total. The molecule has 0 unspecified atom stereocenters. The van der Waals surface area contributed by atoms with Gasteiger partial charge in [-0.05, 0) is 17.7 Å². The normalized spacial score (nSPS) is 11.6. The van der Waals surface area contributed by atoms with Gasteiger partial charge in [0.05, 0.1) is 18.7 Å². The van der Waals surface area contributed by atoms with E-state index in [-0.39, 0.29) is 6.61 Å². The molecule has 0 saturated carbocycles. The largest absolute Gasteiger partial charge is 0.495 e. The molecule has 0 aliphatic heterocycles. The summed E-state index contributed by atoms with van der Waals surface area (Å²) in [4.78, 5) is 0. The lowest BCUT2D eigenvalue weighted by Crippen LogP contribution is -2.23. The van der Waals surface area contributed by atoms with Gasteiger partial charge in [0.15, 0.2) is 0 Å². The van der Waals surface area contributed by atoms with Gasteiger partial charge in [-0.1, -0.05) is 17.7 Å². The second kappa shape index (κ2) is 7.57. The molecular weight excluding hydrogens is 283 g/mol. The Kier molecular flexibility index (Phi) is 6.41. The van der Waals surface area contributed by atoms with Gasteiger partial charge in [0.25, 0.3) is 0 Å². The maximum atomic E-state index is 11.8. The highest BCUT2D eigenvalue weighted by Gasteiger charge is 2.27. The Hall–Kier alpha value is -0.980. The van der Waals surface area contributed by atoms with E-state index < -0.39 is 12.8 Å². The van der Waals surface area contributed by atoms with Gasteiger partial charge in [-0.25, -0.2) is 0 Å². The van der Waals surface area contributed by atoms with Gasteiger partial charge < -0.3 is 14.8 Å². The van der Waals surface area contributed by atoms with E-state index >= 15 is 0 Å². The molecule has 0 amide bonds. The lowest BCUT2D eigenvalue weighted by molar-refractivity contribution is -0.173. The zero-order valence-electron chi connectivity index (χ0n) is 10.4. The molecule has 1 rings (SSSR count). The van der Waals surface area contributed by atoms with Crippen LogP contribution in [0.2, 0.25) is 5.02 Å². The standard InChI is InChI=1S/C12H15ClF3NO2/c1-18-11-3-2-9(6-10(11)13)7-17-4-5-19-8-12(14,15)16/h2-3,6,17H,4-5,7-8H2,1H3. The van der Waals surface area contributed by atoms with Crippen LogP contribution in [-0.2, 0) is 11.3 Å². The van der Waals surface area contributed by atoms with Gasteiger partial charge in [0.2, 0.25) is 0 Å². The summed E-state index contributed by atoms with van der Waals surface area (Å²) in [6.45, 7) is -0.384. The molecule has 0 atom stereocenters. The van der Waals surface area contributed by atoms with Crippen LogP contribution in [0.15, 0.2) is 18.2 Å². The van der Waals surface area contributed by atoms with Gasteiger partial charge in [0, 0.05) is 13.1 Å². The monoisotopic (exact) mass is 297 g/mol. The molecule has 1 aromatic rings. The topological polar surface area (TPSA) is 30.5 Å². The van der Waals surface area contributed by atoms with Crippen molar-refractivity contribution in [3.05, 3.63) is 28.8 Å². The van der Waals surface area contributed by atoms with Gasteiger partial charge >= 0.3 is 6.18 Å². The summed E-state index contributed by atoms with van der Waals surface area (Å²) in [6.07, 6.45) is -4.27. The minimum Gasteiger partial charge on any atom is -0.495 e. The van der Waals surface area contributed by atoms with Crippen LogP contribution in [0.3, 0.4) is 0 Å². The van der Waals surface area contributed by atoms with Crippen LogP contribution < -0.4 is 10.1 Å². The van der Waals surface area contributed by atoms with Crippen molar-refractivity contribution in [1.82, 2.24) is 5.32 Å². The lowest BCUT2D eigenvalue weighted by Gasteiger charge is -2.09. The molecule has 0 heterocycles. The number of methoxy groups -OCH3 is 1. The van der Waals surface area contributed by atoms with Crippen LogP contribution in [0.25, 0.3) is 0 Å². The lowest BCUT2D eigenvalue weighted by atomic mass is 10.2. The Labute approximate surface area is 114 Å². The predicted octanol–water partition coefficient (Wildman–Crippen LogP) is 3.02. The van der Waals surface area contributed by atoms with Crippen molar-refractivity contribution >= 4 is 11.6 Å². The van der Waals surface area contributed by atoms with Crippen molar-refractivity contribution in [2.75, 3.05) is 26.9 Å². The molecule has 0 bridgehead atoms. The third-order valence-corrected chi connectivity index (χ3v) is 2.53. The highest BCUT2D eigenvalue weighted by Crippen LogP contribution is 2.24. The summed E-state index contributed by atoms with van der Waals surface area (Å²) in [6, 6.07) is 5.30. The van der Waals surface area contributed by atoms with E-state index in [0.29, 0.717) is 23.9 Å². The Morgan fingerprint density at radius 3 is 2.63 bits per heavy atom. The fourth-order valence-corrected chi connectivity index (χ4v) is 1.67. The number of hydrogen-bond donors (Lipinski definition) is 1. The number of nitrogens with one attached hydrogen (secondary N) is 1. The zero-order valence-corrected chi connectivity index (χ0v) is 11.1. The number of benzene rings is 1. The van der Waals surface area contributed by atoms with Crippen LogP contribution in [0.4, 0.5) is 13.2 Å². The molecule has 7 heteroatoms. The molecule has 0 aliphatic rings. The van der Waals surface area contributed by atoms with E-state index in [1.54, 1.807) is 12.1 Å². The molecule has 0 aliphatic carbocycles. The van der Waals surface area contributed by atoms with Gasteiger partial charge in [-0.15, -0.1) is 0 Å². The Balaban J connectivity index is 2.21. The van der Waals surface area contributed by atoms with Crippen LogP contribution in [0.5, 0.6) is 5.75 Å². The molecule has 0 fully saturated rings. The molecule has 19 heavy (non-hydrogen) atoms. The minimum absolute atomic E-state index is 0.00337. The number of halogens is 4. The van der Waals surface area contributed by atoms with E-state index in [0.717, 1.165) is 5.56 Å². The highest BCUT2D eigenvalue weighted by atomic mass is 35.5. The molecule has 3 nitrogen and oxygen atoms in total. The second-order valence-corrected chi connectivity index (χ2v) is 4.22. The number of alkyl halides is 3. The SMILES string of the molecule is COc1ccc(CNCCOCC(F)(F)F)cc1Cl. The summed E-state index contributed by atoms with van der Waals surface area (Å²) in [5.74, 6) is 0.582. The first-order chi connectivity index (χ1) is 8.92. The van der Waals surface area contributed by atoms with Crippen molar-refractivity contribution in [1.29, 1.82) is 0 Å². The number of rotatable bonds is 7. The smallest absolute Gasteiger partial charge is 0.411 e. The van der Waals surface area contributed by atoms with Crippen LogP contribution in [0, 0.1) is 0 Å². The third-order valence-electron chi connectivity index (χ3n) is 2.23. The minimum atomic E-state index is -4.27. The quantitative estimate of drug-likeness (QED) is 0.785. The average Bonchev–Trinajstić information content (AvgIpc) is 2.32. The third kappa shape index (κ3) is 6.66. The van der Waals surface area contributed by atoms with Crippen molar-refractivity contribution in [3.63, 3.8) is 0 Å². The molecule has 0 spiro atoms. The van der Waals surface area contributed by atoms with E-state index in [1.807, 2.05) is 6.07 Å². The number of ether oxygens (including phenoxy) is 2. The maximum absolute atomic E-state index is 11.8. The molecule has 0 aromatic heterocycles. The second-order valence-electron chi connectivity index (χ2n) is 3.81. The average molecular weight is 298 g/mol. The first-order valence-electron chi connectivity index (χ1n) is 5.60. The zero-order chi connectivity index (χ0) is 14.3. The summed E-state index contributed by atoms with van der Waals surface area (Å²) >= 11 is 5.94. The number of hydrogen-bond acceptors (Lipinski definition) is 3. The summed E-state index contributed by atoms with van der Waals surface area (Å²) < 4.78 is 44.8. The highest BCUT2D eigenvalue weighted by molar-refractivity contribution is 6.32. The fourth-order valence-electron chi connectivity index (χ4n) is 1.38. The van der Waals surface area contributed by atoms with Crippen molar-refractivity contribution in [3.8, 4) is 5.75 Å². The fraction of sp³-hybridized carbons (Fsp3) is 0.500. The molecule has 0 saturated heterocycles. The van der Waals surface area contributed by atoms with E-state index in [2.05, 4.69) is 10.1 Å². The Morgan fingerprint density at radius 2 is 2.05 bits per heavy atom. The van der Waals surface area contributed by atoms with E-state index in [1.165, 1.54) is 7.11 Å². The van der Waals surface area contributed by atoms with Crippen LogP contribution >= 0.6 is 11.6 Å². The van der Waals surface area contributed by atoms with Crippen molar-refractivity contribution in [2.24, 2.45) is 0 Å². The molecular formula is C12H15ClF3NO2. The summed E-state index contributed by atoms with van der Waals surface area (Å²) in [7, 11) is 1.52. The van der Waals surface area contributed by atoms with Gasteiger partial charge in [-0.2, -0.15) is 13.2 Å².